The van der Waals surface area contributed by atoms with Crippen LogP contribution in [0.4, 0.5) is 0 Å². The number of hydrogen-bond acceptors (Lipinski definition) is 4. The maximum Gasteiger partial charge on any atom is 1.00 e. The molecule has 0 radical (unpaired) electrons. The molecule has 0 spiro atoms. The first-order chi connectivity index (χ1) is 10.4. The SMILES string of the molecule is Cc1cc(CC(=O)[O-])c2oc3c(C)c(C)ccc3c(=O)c2c1.[Na+]. The molecular formula is C18H15NaO4. The third-order valence-corrected chi connectivity index (χ3v) is 4.02. The molecular weight excluding hydrogens is 303 g/mol. The van der Waals surface area contributed by atoms with E-state index >= 15 is 0 Å². The number of fused-ring (bicyclic) bond motifs is 2. The Morgan fingerprint density at radius 3 is 2.43 bits per heavy atom. The Balaban J connectivity index is 0.00000192. The van der Waals surface area contributed by atoms with E-state index in [9.17, 15) is 14.7 Å². The predicted molar refractivity (Wildman–Crippen MR) is 82.9 cm³/mol. The number of hydrogen-bond donors (Lipinski definition) is 0. The first kappa shape index (κ1) is 17.7. The molecule has 0 saturated heterocycles. The molecule has 3 aromatic rings. The van der Waals surface area contributed by atoms with Crippen LogP contribution in [0, 0.1) is 20.8 Å². The zero-order chi connectivity index (χ0) is 16.0. The van der Waals surface area contributed by atoms with Crippen molar-refractivity contribution in [3.05, 3.63) is 56.7 Å². The van der Waals surface area contributed by atoms with Crippen molar-refractivity contribution in [1.29, 1.82) is 0 Å². The number of rotatable bonds is 2. The third-order valence-electron chi connectivity index (χ3n) is 4.02. The van der Waals surface area contributed by atoms with Crippen molar-refractivity contribution in [1.82, 2.24) is 0 Å². The van der Waals surface area contributed by atoms with Crippen molar-refractivity contribution in [3.63, 3.8) is 0 Å². The van der Waals surface area contributed by atoms with Crippen LogP contribution in [0.1, 0.15) is 22.3 Å². The summed E-state index contributed by atoms with van der Waals surface area (Å²) in [5.74, 6) is -1.20. The summed E-state index contributed by atoms with van der Waals surface area (Å²) in [6, 6.07) is 7.09. The summed E-state index contributed by atoms with van der Waals surface area (Å²) in [6.07, 6.45) is -0.280. The van der Waals surface area contributed by atoms with E-state index in [-0.39, 0.29) is 41.4 Å². The van der Waals surface area contributed by atoms with Gasteiger partial charge in [0.05, 0.1) is 10.8 Å². The fraction of sp³-hybridized carbons (Fsp3) is 0.222. The van der Waals surface area contributed by atoms with Crippen molar-refractivity contribution >= 4 is 27.9 Å². The second-order valence-corrected chi connectivity index (χ2v) is 5.66. The summed E-state index contributed by atoms with van der Waals surface area (Å²) in [4.78, 5) is 23.7. The summed E-state index contributed by atoms with van der Waals surface area (Å²) >= 11 is 0. The van der Waals surface area contributed by atoms with Gasteiger partial charge >= 0.3 is 29.6 Å². The molecule has 0 fully saturated rings. The maximum atomic E-state index is 12.7. The maximum absolute atomic E-state index is 12.7. The average Bonchev–Trinajstić information content (AvgIpc) is 2.44. The summed E-state index contributed by atoms with van der Waals surface area (Å²) < 4.78 is 5.93. The fourth-order valence-corrected chi connectivity index (χ4v) is 2.77. The molecule has 0 amide bonds. The van der Waals surface area contributed by atoms with Crippen LogP contribution in [0.2, 0.25) is 0 Å². The van der Waals surface area contributed by atoms with Gasteiger partial charge in [0.1, 0.15) is 11.2 Å². The van der Waals surface area contributed by atoms with Crippen LogP contribution in [0.3, 0.4) is 0 Å². The fourth-order valence-electron chi connectivity index (χ4n) is 2.77. The van der Waals surface area contributed by atoms with Gasteiger partial charge in [-0.25, -0.2) is 0 Å². The number of aliphatic carboxylic acids is 1. The summed E-state index contributed by atoms with van der Waals surface area (Å²) in [6.45, 7) is 5.65. The Hall–Kier alpha value is -1.62. The standard InChI is InChI=1S/C18H16O4.Na/c1-9-6-12(8-15(19)20)18-14(7-9)16(21)13-5-4-10(2)11(3)17(13)22-18;/h4-7H,8H2,1-3H3,(H,19,20);/q;+1/p-1. The number of carbonyl (C=O) groups excluding carboxylic acids is 1. The monoisotopic (exact) mass is 318 g/mol. The number of benzene rings is 2. The number of carboxylic acid groups (broad SMARTS) is 1. The van der Waals surface area contributed by atoms with Crippen LogP contribution >= 0.6 is 0 Å². The molecule has 2 aromatic carbocycles. The predicted octanol–water partition coefficient (Wildman–Crippen LogP) is -0.832. The Bertz CT molecular complexity index is 986. The quantitative estimate of drug-likeness (QED) is 0.457. The van der Waals surface area contributed by atoms with Gasteiger partial charge in [0, 0.05) is 18.0 Å². The van der Waals surface area contributed by atoms with E-state index in [0.29, 0.717) is 27.5 Å². The van der Waals surface area contributed by atoms with Gasteiger partial charge < -0.3 is 14.3 Å². The van der Waals surface area contributed by atoms with Crippen LogP contribution in [-0.2, 0) is 11.2 Å². The van der Waals surface area contributed by atoms with Crippen molar-refractivity contribution in [2.75, 3.05) is 0 Å². The van der Waals surface area contributed by atoms with Gasteiger partial charge in [-0.2, -0.15) is 0 Å². The van der Waals surface area contributed by atoms with Crippen molar-refractivity contribution in [2.24, 2.45) is 0 Å². The number of carboxylic acids is 1. The van der Waals surface area contributed by atoms with Gasteiger partial charge in [0.15, 0.2) is 0 Å². The molecule has 1 aromatic heterocycles. The minimum absolute atomic E-state index is 0. The zero-order valence-electron chi connectivity index (χ0n) is 13.6. The van der Waals surface area contributed by atoms with Gasteiger partial charge in [0.25, 0.3) is 0 Å². The Kier molecular flexibility index (Phi) is 4.99. The number of carbonyl (C=O) groups is 1. The molecule has 1 heterocycles. The van der Waals surface area contributed by atoms with E-state index in [2.05, 4.69) is 0 Å². The van der Waals surface area contributed by atoms with E-state index in [0.717, 1.165) is 16.7 Å². The van der Waals surface area contributed by atoms with Gasteiger partial charge in [-0.3, -0.25) is 4.79 Å². The minimum atomic E-state index is -1.20. The summed E-state index contributed by atoms with van der Waals surface area (Å²) in [5, 5.41) is 11.9. The average molecular weight is 318 g/mol. The molecule has 112 valence electrons. The molecule has 4 nitrogen and oxygen atoms in total. The van der Waals surface area contributed by atoms with E-state index in [1.54, 1.807) is 18.2 Å². The molecule has 5 heteroatoms. The van der Waals surface area contributed by atoms with E-state index < -0.39 is 5.97 Å². The van der Waals surface area contributed by atoms with Crippen LogP contribution < -0.4 is 40.1 Å². The van der Waals surface area contributed by atoms with E-state index in [1.807, 2.05) is 26.8 Å². The third kappa shape index (κ3) is 3.07. The van der Waals surface area contributed by atoms with Crippen molar-refractivity contribution < 1.29 is 43.9 Å². The van der Waals surface area contributed by atoms with Crippen molar-refractivity contribution in [3.8, 4) is 0 Å². The summed E-state index contributed by atoms with van der Waals surface area (Å²) in [5.41, 5.74) is 3.90. The molecule has 0 aliphatic heterocycles. The molecule has 23 heavy (non-hydrogen) atoms. The molecule has 0 atom stereocenters. The molecule has 0 aliphatic carbocycles. The van der Waals surface area contributed by atoms with Gasteiger partial charge in [-0.15, -0.1) is 0 Å². The number of aryl methyl sites for hydroxylation is 3. The van der Waals surface area contributed by atoms with Crippen molar-refractivity contribution in [2.45, 2.75) is 27.2 Å². The zero-order valence-corrected chi connectivity index (χ0v) is 15.6. The molecule has 3 rings (SSSR count). The van der Waals surface area contributed by atoms with Crippen LogP contribution in [0.25, 0.3) is 21.9 Å². The smallest absolute Gasteiger partial charge is 0.550 e. The van der Waals surface area contributed by atoms with Crippen LogP contribution in [0.15, 0.2) is 33.5 Å². The molecule has 0 aliphatic rings. The first-order valence-corrected chi connectivity index (χ1v) is 7.04. The second kappa shape index (κ2) is 6.48. The largest absolute Gasteiger partial charge is 1.00 e. The van der Waals surface area contributed by atoms with Gasteiger partial charge in [-0.05, 0) is 49.6 Å². The molecule has 0 bridgehead atoms. The molecule has 0 saturated carbocycles. The Labute approximate surface area is 155 Å². The van der Waals surface area contributed by atoms with Gasteiger partial charge in [0.2, 0.25) is 5.43 Å². The normalized spacial score (nSPS) is 10.7. The van der Waals surface area contributed by atoms with Crippen LogP contribution in [-0.4, -0.2) is 5.97 Å². The van der Waals surface area contributed by atoms with Gasteiger partial charge in [-0.1, -0.05) is 12.1 Å². The molecule has 0 N–H and O–H groups in total. The Morgan fingerprint density at radius 1 is 1.09 bits per heavy atom. The minimum Gasteiger partial charge on any atom is -0.550 e. The summed E-state index contributed by atoms with van der Waals surface area (Å²) in [7, 11) is 0. The van der Waals surface area contributed by atoms with E-state index in [4.69, 9.17) is 4.42 Å². The van der Waals surface area contributed by atoms with Crippen LogP contribution in [0.5, 0.6) is 0 Å². The van der Waals surface area contributed by atoms with E-state index in [1.165, 1.54) is 0 Å². The topological polar surface area (TPSA) is 70.3 Å². The first-order valence-electron chi connectivity index (χ1n) is 7.04. The molecule has 0 unspecified atom stereocenters. The second-order valence-electron chi connectivity index (χ2n) is 5.66. The Morgan fingerprint density at radius 2 is 1.78 bits per heavy atom.